The summed E-state index contributed by atoms with van der Waals surface area (Å²) >= 11 is 0. The molecule has 0 bridgehead atoms. The van der Waals surface area contributed by atoms with E-state index in [2.05, 4.69) is 39.8 Å². The van der Waals surface area contributed by atoms with Crippen LogP contribution in [-0.4, -0.2) is 11.7 Å². The number of rotatable bonds is 2. The maximum Gasteiger partial charge on any atom is 0.0487 e. The van der Waals surface area contributed by atoms with E-state index in [-0.39, 0.29) is 5.41 Å². The molecule has 3 aliphatic carbocycles. The highest BCUT2D eigenvalue weighted by Crippen LogP contribution is 2.61. The first-order valence-corrected chi connectivity index (χ1v) is 8.92. The van der Waals surface area contributed by atoms with Crippen molar-refractivity contribution in [3.05, 3.63) is 23.3 Å². The zero-order chi connectivity index (χ0) is 15.3. The molecule has 21 heavy (non-hydrogen) atoms. The van der Waals surface area contributed by atoms with Gasteiger partial charge in [0.15, 0.2) is 0 Å². The van der Waals surface area contributed by atoms with E-state index in [1.54, 1.807) is 11.1 Å². The fraction of sp³-hybridized carbons (Fsp3) is 0.800. The number of hydrogen-bond donors (Lipinski definition) is 1. The molecule has 0 unspecified atom stereocenters. The van der Waals surface area contributed by atoms with E-state index in [4.69, 9.17) is 0 Å². The van der Waals surface area contributed by atoms with Crippen molar-refractivity contribution in [2.75, 3.05) is 6.61 Å². The molecule has 3 rings (SSSR count). The van der Waals surface area contributed by atoms with Crippen molar-refractivity contribution < 1.29 is 5.11 Å². The summed E-state index contributed by atoms with van der Waals surface area (Å²) in [6.07, 6.45) is 12.6. The molecule has 1 nitrogen and oxygen atoms in total. The van der Waals surface area contributed by atoms with Crippen LogP contribution in [0.5, 0.6) is 0 Å². The van der Waals surface area contributed by atoms with Crippen molar-refractivity contribution in [3.8, 4) is 0 Å². The monoisotopic (exact) mass is 288 g/mol. The van der Waals surface area contributed by atoms with Crippen LogP contribution in [-0.2, 0) is 0 Å². The summed E-state index contributed by atoms with van der Waals surface area (Å²) in [4.78, 5) is 0. The van der Waals surface area contributed by atoms with Gasteiger partial charge in [0.05, 0.1) is 0 Å². The van der Waals surface area contributed by atoms with Crippen LogP contribution >= 0.6 is 0 Å². The SMILES string of the molecule is CC(C)C1=CC2=CC[C@@H]3[C@@](C)(CO)CCC[C@@]3(C)[C@@H]2CC1. The van der Waals surface area contributed by atoms with Crippen molar-refractivity contribution in [1.82, 2.24) is 0 Å². The summed E-state index contributed by atoms with van der Waals surface area (Å²) in [6.45, 7) is 9.85. The van der Waals surface area contributed by atoms with Gasteiger partial charge in [0.25, 0.3) is 0 Å². The Morgan fingerprint density at radius 1 is 1.29 bits per heavy atom. The van der Waals surface area contributed by atoms with Crippen LogP contribution in [0, 0.1) is 28.6 Å². The lowest BCUT2D eigenvalue weighted by atomic mass is 9.47. The zero-order valence-corrected chi connectivity index (χ0v) is 14.3. The number of allylic oxidation sites excluding steroid dienone is 4. The van der Waals surface area contributed by atoms with Crippen molar-refractivity contribution in [3.63, 3.8) is 0 Å². The molecule has 0 radical (unpaired) electrons. The van der Waals surface area contributed by atoms with Crippen LogP contribution in [0.3, 0.4) is 0 Å². The van der Waals surface area contributed by atoms with Crippen LogP contribution in [0.15, 0.2) is 23.3 Å². The average Bonchev–Trinajstić information content (AvgIpc) is 2.46. The van der Waals surface area contributed by atoms with Gasteiger partial charge in [0, 0.05) is 6.61 Å². The average molecular weight is 288 g/mol. The Morgan fingerprint density at radius 2 is 2.05 bits per heavy atom. The third-order valence-electron chi connectivity index (χ3n) is 7.06. The van der Waals surface area contributed by atoms with Crippen molar-refractivity contribution in [1.29, 1.82) is 0 Å². The van der Waals surface area contributed by atoms with Crippen LogP contribution < -0.4 is 0 Å². The zero-order valence-electron chi connectivity index (χ0n) is 14.3. The Balaban J connectivity index is 1.97. The Bertz CT molecular complexity index is 472. The highest BCUT2D eigenvalue weighted by Gasteiger charge is 2.53. The summed E-state index contributed by atoms with van der Waals surface area (Å²) in [7, 11) is 0. The lowest BCUT2D eigenvalue weighted by Gasteiger charge is -2.58. The van der Waals surface area contributed by atoms with Gasteiger partial charge in [0.2, 0.25) is 0 Å². The molecule has 0 saturated heterocycles. The van der Waals surface area contributed by atoms with E-state index < -0.39 is 0 Å². The number of hydrogen-bond acceptors (Lipinski definition) is 1. The van der Waals surface area contributed by atoms with Gasteiger partial charge in [-0.3, -0.25) is 0 Å². The quantitative estimate of drug-likeness (QED) is 0.748. The van der Waals surface area contributed by atoms with Gasteiger partial charge in [-0.2, -0.15) is 0 Å². The fourth-order valence-corrected chi connectivity index (χ4v) is 5.66. The van der Waals surface area contributed by atoms with Crippen molar-refractivity contribution in [2.24, 2.45) is 28.6 Å². The largest absolute Gasteiger partial charge is 0.396 e. The molecule has 1 N–H and O–H groups in total. The smallest absolute Gasteiger partial charge is 0.0487 e. The van der Waals surface area contributed by atoms with Gasteiger partial charge < -0.3 is 5.11 Å². The second-order valence-corrected chi connectivity index (χ2v) is 8.63. The van der Waals surface area contributed by atoms with Crippen LogP contribution in [0.4, 0.5) is 0 Å². The molecule has 0 amide bonds. The van der Waals surface area contributed by atoms with Gasteiger partial charge in [0.1, 0.15) is 0 Å². The van der Waals surface area contributed by atoms with Crippen molar-refractivity contribution >= 4 is 0 Å². The minimum Gasteiger partial charge on any atom is -0.396 e. The number of aliphatic hydroxyl groups is 1. The first-order valence-electron chi connectivity index (χ1n) is 8.92. The standard InChI is InChI=1S/C20H32O/c1-14(2)15-6-8-17-16(12-15)7-9-18-19(3,13-21)10-5-11-20(17,18)4/h7,12,14,17-18,21H,5-6,8-11,13H2,1-4H3/t17-,18-,19-,20+/m1/s1. The molecule has 0 aromatic rings. The third kappa shape index (κ3) is 2.32. The van der Waals surface area contributed by atoms with E-state index in [0.29, 0.717) is 23.9 Å². The van der Waals surface area contributed by atoms with E-state index in [1.165, 1.54) is 38.5 Å². The number of aliphatic hydroxyl groups excluding tert-OH is 1. The lowest BCUT2D eigenvalue weighted by molar-refractivity contribution is -0.0737. The molecule has 0 aliphatic heterocycles. The van der Waals surface area contributed by atoms with E-state index in [9.17, 15) is 5.11 Å². The summed E-state index contributed by atoms with van der Waals surface area (Å²) in [5.74, 6) is 2.07. The maximum absolute atomic E-state index is 9.98. The van der Waals surface area contributed by atoms with Gasteiger partial charge in [-0.1, -0.05) is 51.8 Å². The third-order valence-corrected chi connectivity index (χ3v) is 7.06. The molecule has 4 atom stereocenters. The molecular formula is C20H32O. The summed E-state index contributed by atoms with van der Waals surface area (Å²) < 4.78 is 0. The molecule has 1 heteroatoms. The fourth-order valence-electron chi connectivity index (χ4n) is 5.66. The minimum atomic E-state index is 0.136. The molecule has 1 saturated carbocycles. The summed E-state index contributed by atoms with van der Waals surface area (Å²) in [6, 6.07) is 0. The molecule has 0 aromatic heterocycles. The molecule has 0 heterocycles. The highest BCUT2D eigenvalue weighted by molar-refractivity contribution is 5.35. The Morgan fingerprint density at radius 3 is 2.71 bits per heavy atom. The highest BCUT2D eigenvalue weighted by atomic mass is 16.3. The topological polar surface area (TPSA) is 20.2 Å². The predicted octanol–water partition coefficient (Wildman–Crippen LogP) is 5.11. The molecule has 0 spiro atoms. The Kier molecular flexibility index (Phi) is 3.84. The Labute approximate surface area is 130 Å². The molecule has 3 aliphatic rings. The second kappa shape index (κ2) is 5.26. The van der Waals surface area contributed by atoms with Gasteiger partial charge in [-0.05, 0) is 66.3 Å². The summed E-state index contributed by atoms with van der Waals surface area (Å²) in [5.41, 5.74) is 3.79. The van der Waals surface area contributed by atoms with Crippen molar-refractivity contribution in [2.45, 2.75) is 66.2 Å². The molecule has 118 valence electrons. The number of fused-ring (bicyclic) bond motifs is 3. The van der Waals surface area contributed by atoms with Crippen LogP contribution in [0.25, 0.3) is 0 Å². The van der Waals surface area contributed by atoms with Crippen LogP contribution in [0.1, 0.15) is 66.2 Å². The molecule has 0 aromatic carbocycles. The van der Waals surface area contributed by atoms with E-state index in [1.807, 2.05) is 0 Å². The summed E-state index contributed by atoms with van der Waals surface area (Å²) in [5, 5.41) is 9.98. The predicted molar refractivity (Wildman–Crippen MR) is 89.0 cm³/mol. The maximum atomic E-state index is 9.98. The second-order valence-electron chi connectivity index (χ2n) is 8.63. The van der Waals surface area contributed by atoms with Gasteiger partial charge in [-0.15, -0.1) is 0 Å². The van der Waals surface area contributed by atoms with Gasteiger partial charge >= 0.3 is 0 Å². The Hall–Kier alpha value is -0.560. The van der Waals surface area contributed by atoms with Crippen LogP contribution in [0.2, 0.25) is 0 Å². The first kappa shape index (κ1) is 15.3. The minimum absolute atomic E-state index is 0.136. The van der Waals surface area contributed by atoms with Gasteiger partial charge in [-0.25, -0.2) is 0 Å². The van der Waals surface area contributed by atoms with E-state index >= 15 is 0 Å². The van der Waals surface area contributed by atoms with E-state index in [0.717, 1.165) is 5.92 Å². The lowest BCUT2D eigenvalue weighted by Crippen LogP contribution is -2.51. The first-order chi connectivity index (χ1) is 9.90. The molecular weight excluding hydrogens is 256 g/mol. The molecule has 1 fully saturated rings. The normalized spacial score (nSPS) is 43.0.